The van der Waals surface area contributed by atoms with Crippen molar-refractivity contribution in [2.45, 2.75) is 25.8 Å². The average Bonchev–Trinajstić information content (AvgIpc) is 2.76. The Morgan fingerprint density at radius 1 is 1.81 bits per heavy atom. The third kappa shape index (κ3) is 3.21. The largest absolute Gasteiger partial charge is 0.480 e. The number of carbonyl (C=O) groups excluding carboxylic acids is 1. The van der Waals surface area contributed by atoms with Crippen molar-refractivity contribution in [1.82, 2.24) is 9.69 Å². The second-order valence-corrected chi connectivity index (χ2v) is 3.98. The van der Waals surface area contributed by atoms with Crippen LogP contribution in [0.2, 0.25) is 0 Å². The van der Waals surface area contributed by atoms with E-state index in [1.165, 1.54) is 7.11 Å². The zero-order valence-corrected chi connectivity index (χ0v) is 10.0. The first-order chi connectivity index (χ1) is 7.71. The molecule has 0 saturated carbocycles. The normalized spacial score (nSPS) is 11.6. The summed E-state index contributed by atoms with van der Waals surface area (Å²) in [7, 11) is 1.50. The lowest BCUT2D eigenvalue weighted by molar-refractivity contribution is 0.0940. The molecule has 0 aliphatic carbocycles. The number of nitriles is 1. The van der Waals surface area contributed by atoms with Gasteiger partial charge in [0.1, 0.15) is 4.88 Å². The van der Waals surface area contributed by atoms with Crippen molar-refractivity contribution < 1.29 is 9.53 Å². The minimum atomic E-state index is -0.206. The number of carbonyl (C=O) groups is 1. The van der Waals surface area contributed by atoms with E-state index in [0.29, 0.717) is 17.2 Å². The number of nitrogens with zero attached hydrogens (tertiary/aromatic N) is 2. The molecule has 5 nitrogen and oxygen atoms in total. The highest BCUT2D eigenvalue weighted by molar-refractivity contribution is 7.08. The lowest BCUT2D eigenvalue weighted by Gasteiger charge is -2.11. The van der Waals surface area contributed by atoms with E-state index >= 15 is 0 Å². The summed E-state index contributed by atoms with van der Waals surface area (Å²) in [6.45, 7) is 1.93. The molecular weight excluding hydrogens is 226 g/mol. The van der Waals surface area contributed by atoms with Gasteiger partial charge in [0.15, 0.2) is 0 Å². The summed E-state index contributed by atoms with van der Waals surface area (Å²) in [5, 5.41) is 11.3. The second kappa shape index (κ2) is 6.08. The van der Waals surface area contributed by atoms with E-state index in [0.717, 1.165) is 18.0 Å². The van der Waals surface area contributed by atoms with Crippen molar-refractivity contribution in [2.24, 2.45) is 0 Å². The number of aromatic nitrogens is 1. The first-order valence-corrected chi connectivity index (χ1v) is 5.67. The Hall–Kier alpha value is -1.61. The van der Waals surface area contributed by atoms with Crippen molar-refractivity contribution in [2.75, 3.05) is 7.11 Å². The molecule has 0 aliphatic heterocycles. The van der Waals surface area contributed by atoms with E-state index < -0.39 is 0 Å². The molecule has 16 heavy (non-hydrogen) atoms. The van der Waals surface area contributed by atoms with Crippen molar-refractivity contribution >= 4 is 17.4 Å². The summed E-state index contributed by atoms with van der Waals surface area (Å²) < 4.78 is 8.82. The maximum Gasteiger partial charge on any atom is 0.263 e. The highest BCUT2D eigenvalue weighted by atomic mass is 32.1. The third-order valence-electron chi connectivity index (χ3n) is 2.09. The van der Waals surface area contributed by atoms with Crippen molar-refractivity contribution in [3.63, 3.8) is 0 Å². The number of rotatable bonds is 5. The van der Waals surface area contributed by atoms with Gasteiger partial charge in [-0.25, -0.2) is 0 Å². The number of nitrogens with one attached hydrogen (secondary N) is 1. The van der Waals surface area contributed by atoms with Crippen LogP contribution in [0.3, 0.4) is 0 Å². The fraction of sp³-hybridized carbons (Fsp3) is 0.500. The van der Waals surface area contributed by atoms with E-state index in [1.807, 2.05) is 13.0 Å². The summed E-state index contributed by atoms with van der Waals surface area (Å²) >= 11 is 1.08. The molecule has 0 spiro atoms. The lowest BCUT2D eigenvalue weighted by atomic mass is 10.1. The molecule has 86 valence electrons. The molecular formula is C10H13N3O2S. The van der Waals surface area contributed by atoms with Gasteiger partial charge >= 0.3 is 0 Å². The summed E-state index contributed by atoms with van der Waals surface area (Å²) in [6.07, 6.45) is 1.05. The zero-order chi connectivity index (χ0) is 12.0. The van der Waals surface area contributed by atoms with Gasteiger partial charge in [-0.05, 0) is 18.0 Å². The van der Waals surface area contributed by atoms with Gasteiger partial charge in [-0.3, -0.25) is 4.79 Å². The molecule has 1 amide bonds. The van der Waals surface area contributed by atoms with Crippen LogP contribution in [-0.2, 0) is 0 Å². The Kier molecular flexibility index (Phi) is 4.73. The molecule has 1 aromatic heterocycles. The smallest absolute Gasteiger partial charge is 0.263 e. The molecule has 0 fully saturated rings. The fourth-order valence-electron chi connectivity index (χ4n) is 1.13. The van der Waals surface area contributed by atoms with Gasteiger partial charge in [-0.15, -0.1) is 0 Å². The van der Waals surface area contributed by atoms with Crippen molar-refractivity contribution in [3.8, 4) is 11.9 Å². The first-order valence-electron chi connectivity index (χ1n) is 4.89. The summed E-state index contributed by atoms with van der Waals surface area (Å²) in [4.78, 5) is 12.2. The van der Waals surface area contributed by atoms with Gasteiger partial charge < -0.3 is 10.1 Å². The Labute approximate surface area is 98.2 Å². The predicted molar refractivity (Wildman–Crippen MR) is 60.4 cm³/mol. The molecule has 0 aliphatic rings. The number of ether oxygens (including phenoxy) is 1. The molecule has 1 aromatic rings. The predicted octanol–water partition coefficient (Wildman–Crippen LogP) is 1.57. The highest BCUT2D eigenvalue weighted by Crippen LogP contribution is 2.16. The number of amides is 1. The maximum atomic E-state index is 11.7. The second-order valence-electron chi connectivity index (χ2n) is 3.17. The molecule has 1 atom stereocenters. The van der Waals surface area contributed by atoms with Crippen LogP contribution >= 0.6 is 11.5 Å². The van der Waals surface area contributed by atoms with Crippen molar-refractivity contribution in [3.05, 3.63) is 10.9 Å². The Balaban J connectivity index is 2.61. The van der Waals surface area contributed by atoms with Gasteiger partial charge in [0.2, 0.25) is 5.88 Å². The Morgan fingerprint density at radius 3 is 3.06 bits per heavy atom. The van der Waals surface area contributed by atoms with Crippen LogP contribution < -0.4 is 10.1 Å². The highest BCUT2D eigenvalue weighted by Gasteiger charge is 2.14. The first kappa shape index (κ1) is 12.5. The molecule has 1 rings (SSSR count). The van der Waals surface area contributed by atoms with Gasteiger partial charge in [0, 0.05) is 12.1 Å². The van der Waals surface area contributed by atoms with Crippen molar-refractivity contribution in [1.29, 1.82) is 5.26 Å². The molecule has 1 N–H and O–H groups in total. The lowest BCUT2D eigenvalue weighted by Crippen LogP contribution is -2.33. The topological polar surface area (TPSA) is 75.0 Å². The molecule has 0 saturated heterocycles. The molecule has 0 bridgehead atoms. The molecule has 0 aromatic carbocycles. The van der Waals surface area contributed by atoms with E-state index in [-0.39, 0.29) is 11.9 Å². The SMILES string of the molecule is CC[C@@H](CC#N)NC(=O)c1cc(OC)ns1. The number of methoxy groups -OCH3 is 1. The summed E-state index contributed by atoms with van der Waals surface area (Å²) in [5.74, 6) is 0.228. The standard InChI is InChI=1S/C10H13N3O2S/c1-3-7(4-5-11)12-10(14)8-6-9(15-2)13-16-8/h6-7H,3-4H2,1-2H3,(H,12,14)/t7-/m0/s1. The number of hydrogen-bond donors (Lipinski definition) is 1. The van der Waals surface area contributed by atoms with E-state index in [4.69, 9.17) is 10.00 Å². The van der Waals surface area contributed by atoms with E-state index in [9.17, 15) is 4.79 Å². The van der Waals surface area contributed by atoms with Crippen LogP contribution in [0.1, 0.15) is 29.4 Å². The quantitative estimate of drug-likeness (QED) is 0.846. The fourth-order valence-corrected chi connectivity index (χ4v) is 1.74. The number of hydrogen-bond acceptors (Lipinski definition) is 5. The molecule has 0 radical (unpaired) electrons. The van der Waals surface area contributed by atoms with Crippen LogP contribution in [0.25, 0.3) is 0 Å². The molecule has 0 unspecified atom stereocenters. The van der Waals surface area contributed by atoms with Crippen LogP contribution in [-0.4, -0.2) is 23.4 Å². The molecule has 6 heteroatoms. The summed E-state index contributed by atoms with van der Waals surface area (Å²) in [6, 6.07) is 3.52. The van der Waals surface area contributed by atoms with Crippen LogP contribution in [0, 0.1) is 11.3 Å². The molecule has 1 heterocycles. The van der Waals surface area contributed by atoms with Crippen LogP contribution in [0.4, 0.5) is 0 Å². The third-order valence-corrected chi connectivity index (χ3v) is 2.86. The van der Waals surface area contributed by atoms with Crippen LogP contribution in [0.5, 0.6) is 5.88 Å². The van der Waals surface area contributed by atoms with Crippen LogP contribution in [0.15, 0.2) is 6.07 Å². The van der Waals surface area contributed by atoms with Gasteiger partial charge in [0.05, 0.1) is 19.6 Å². The average molecular weight is 239 g/mol. The van der Waals surface area contributed by atoms with E-state index in [1.54, 1.807) is 6.07 Å². The van der Waals surface area contributed by atoms with Gasteiger partial charge in [0.25, 0.3) is 5.91 Å². The summed E-state index contributed by atoms with van der Waals surface area (Å²) in [5.41, 5.74) is 0. The van der Waals surface area contributed by atoms with E-state index in [2.05, 4.69) is 9.69 Å². The Morgan fingerprint density at radius 2 is 2.56 bits per heavy atom. The minimum Gasteiger partial charge on any atom is -0.480 e. The zero-order valence-electron chi connectivity index (χ0n) is 9.19. The van der Waals surface area contributed by atoms with Gasteiger partial charge in [-0.2, -0.15) is 9.64 Å². The van der Waals surface area contributed by atoms with Gasteiger partial charge in [-0.1, -0.05) is 6.92 Å². The maximum absolute atomic E-state index is 11.7. The minimum absolute atomic E-state index is 0.106. The monoisotopic (exact) mass is 239 g/mol. The Bertz CT molecular complexity index is 397.